The van der Waals surface area contributed by atoms with Crippen LogP contribution in [-0.2, 0) is 0 Å². The summed E-state index contributed by atoms with van der Waals surface area (Å²) >= 11 is 5.72. The fourth-order valence-electron chi connectivity index (χ4n) is 1.60. The van der Waals surface area contributed by atoms with E-state index in [1.165, 1.54) is 0 Å². The minimum absolute atomic E-state index is 0.0437. The van der Waals surface area contributed by atoms with E-state index in [0.717, 1.165) is 18.5 Å². The zero-order valence-corrected chi connectivity index (χ0v) is 12.0. The van der Waals surface area contributed by atoms with E-state index in [1.54, 1.807) is 24.3 Å². The molecule has 2 rings (SSSR count). The molecule has 0 amide bonds. The van der Waals surface area contributed by atoms with Crippen molar-refractivity contribution < 1.29 is 9.66 Å². The predicted molar refractivity (Wildman–Crippen MR) is 79.2 cm³/mol. The second-order valence-electron chi connectivity index (χ2n) is 4.12. The van der Waals surface area contributed by atoms with E-state index in [2.05, 4.69) is 15.3 Å². The Hall–Kier alpha value is -2.41. The molecule has 0 saturated carbocycles. The number of aromatic nitrogens is 2. The van der Waals surface area contributed by atoms with Gasteiger partial charge in [0.15, 0.2) is 0 Å². The minimum Gasteiger partial charge on any atom is -0.494 e. The molecule has 1 heterocycles. The molecular formula is C13H13ClN4O3. The normalized spacial score (nSPS) is 10.2. The van der Waals surface area contributed by atoms with Gasteiger partial charge in [-0.05, 0) is 30.7 Å². The molecule has 0 saturated heterocycles. The maximum Gasteiger partial charge on any atom is 0.348 e. The van der Waals surface area contributed by atoms with Crippen LogP contribution in [0.25, 0.3) is 0 Å². The van der Waals surface area contributed by atoms with E-state index in [9.17, 15) is 10.1 Å². The van der Waals surface area contributed by atoms with E-state index in [-0.39, 0.29) is 16.7 Å². The van der Waals surface area contributed by atoms with Crippen molar-refractivity contribution in [2.24, 2.45) is 0 Å². The Morgan fingerprint density at radius 3 is 2.67 bits per heavy atom. The van der Waals surface area contributed by atoms with Gasteiger partial charge in [-0.3, -0.25) is 10.1 Å². The molecule has 2 aromatic rings. The first-order chi connectivity index (χ1) is 10.1. The van der Waals surface area contributed by atoms with Gasteiger partial charge in [0.05, 0.1) is 11.5 Å². The number of nitrogens with one attached hydrogen (secondary N) is 1. The van der Waals surface area contributed by atoms with Crippen LogP contribution in [0, 0.1) is 10.1 Å². The lowest BCUT2D eigenvalue weighted by molar-refractivity contribution is -0.384. The molecule has 7 nitrogen and oxygen atoms in total. The standard InChI is InChI=1S/C13H13ClN4O3/c1-2-7-21-10-5-3-9(4-6-10)17-13-11(18(19)20)12(14)15-8-16-13/h3-6,8H,2,7H2,1H3,(H,15,16,17). The fourth-order valence-corrected chi connectivity index (χ4v) is 1.80. The van der Waals surface area contributed by atoms with Gasteiger partial charge < -0.3 is 10.1 Å². The van der Waals surface area contributed by atoms with Gasteiger partial charge in [0, 0.05) is 5.69 Å². The summed E-state index contributed by atoms with van der Waals surface area (Å²) in [6, 6.07) is 7.02. The number of hydrogen-bond donors (Lipinski definition) is 1. The molecule has 0 aliphatic carbocycles. The van der Waals surface area contributed by atoms with Gasteiger partial charge in [0.1, 0.15) is 12.1 Å². The molecule has 1 aromatic heterocycles. The van der Waals surface area contributed by atoms with Gasteiger partial charge in [0.25, 0.3) is 0 Å². The zero-order valence-electron chi connectivity index (χ0n) is 11.2. The summed E-state index contributed by atoms with van der Waals surface area (Å²) in [5.41, 5.74) is 0.280. The first kappa shape index (κ1) is 15.0. The molecule has 0 radical (unpaired) electrons. The number of benzene rings is 1. The van der Waals surface area contributed by atoms with Gasteiger partial charge in [0.2, 0.25) is 11.0 Å². The summed E-state index contributed by atoms with van der Waals surface area (Å²) in [6.45, 7) is 2.66. The Kier molecular flexibility index (Phi) is 4.89. The van der Waals surface area contributed by atoms with Crippen LogP contribution in [0.2, 0.25) is 5.15 Å². The number of nitrogens with zero attached hydrogens (tertiary/aromatic N) is 3. The molecule has 0 aliphatic rings. The van der Waals surface area contributed by atoms with Gasteiger partial charge in [-0.15, -0.1) is 0 Å². The van der Waals surface area contributed by atoms with Crippen molar-refractivity contribution in [3.8, 4) is 5.75 Å². The highest BCUT2D eigenvalue weighted by Gasteiger charge is 2.21. The molecule has 0 unspecified atom stereocenters. The summed E-state index contributed by atoms with van der Waals surface area (Å²) in [4.78, 5) is 17.8. The molecule has 0 spiro atoms. The summed E-state index contributed by atoms with van der Waals surface area (Å²) in [5, 5.41) is 13.6. The van der Waals surface area contributed by atoms with Crippen molar-refractivity contribution in [1.82, 2.24) is 9.97 Å². The highest BCUT2D eigenvalue weighted by molar-refractivity contribution is 6.31. The lowest BCUT2D eigenvalue weighted by Crippen LogP contribution is -2.01. The average Bonchev–Trinajstić information content (AvgIpc) is 2.46. The van der Waals surface area contributed by atoms with Crippen molar-refractivity contribution in [1.29, 1.82) is 0 Å². The van der Waals surface area contributed by atoms with Gasteiger partial charge >= 0.3 is 5.69 Å². The molecular weight excluding hydrogens is 296 g/mol. The van der Waals surface area contributed by atoms with Crippen LogP contribution in [0.15, 0.2) is 30.6 Å². The summed E-state index contributed by atoms with van der Waals surface area (Å²) in [7, 11) is 0. The van der Waals surface area contributed by atoms with Crippen molar-refractivity contribution in [2.75, 3.05) is 11.9 Å². The van der Waals surface area contributed by atoms with E-state index >= 15 is 0 Å². The predicted octanol–water partition coefficient (Wildman–Crippen LogP) is 3.57. The van der Waals surface area contributed by atoms with Crippen LogP contribution in [0.4, 0.5) is 17.2 Å². The first-order valence-corrected chi connectivity index (χ1v) is 6.64. The lowest BCUT2D eigenvalue weighted by atomic mass is 10.3. The van der Waals surface area contributed by atoms with Crippen LogP contribution in [0.3, 0.4) is 0 Å². The van der Waals surface area contributed by atoms with E-state index < -0.39 is 4.92 Å². The van der Waals surface area contributed by atoms with Crippen LogP contribution in [0.1, 0.15) is 13.3 Å². The van der Waals surface area contributed by atoms with Crippen LogP contribution in [-0.4, -0.2) is 21.5 Å². The number of ether oxygens (including phenoxy) is 1. The highest BCUT2D eigenvalue weighted by atomic mass is 35.5. The Balaban J connectivity index is 2.19. The van der Waals surface area contributed by atoms with Crippen molar-refractivity contribution in [3.05, 3.63) is 45.9 Å². The number of hydrogen-bond acceptors (Lipinski definition) is 6. The number of halogens is 1. The molecule has 0 bridgehead atoms. The summed E-state index contributed by atoms with van der Waals surface area (Å²) in [6.07, 6.45) is 2.09. The molecule has 8 heteroatoms. The lowest BCUT2D eigenvalue weighted by Gasteiger charge is -2.08. The number of anilines is 2. The minimum atomic E-state index is -0.622. The second-order valence-corrected chi connectivity index (χ2v) is 4.47. The maximum atomic E-state index is 11.0. The van der Waals surface area contributed by atoms with Gasteiger partial charge in [-0.1, -0.05) is 18.5 Å². The molecule has 0 fully saturated rings. The quantitative estimate of drug-likeness (QED) is 0.498. The van der Waals surface area contributed by atoms with Crippen LogP contribution >= 0.6 is 11.6 Å². The van der Waals surface area contributed by atoms with Crippen molar-refractivity contribution in [2.45, 2.75) is 13.3 Å². The van der Waals surface area contributed by atoms with Crippen LogP contribution < -0.4 is 10.1 Å². The highest BCUT2D eigenvalue weighted by Crippen LogP contribution is 2.30. The number of nitro groups is 1. The Morgan fingerprint density at radius 1 is 1.33 bits per heavy atom. The molecule has 21 heavy (non-hydrogen) atoms. The summed E-state index contributed by atoms with van der Waals surface area (Å²) in [5.74, 6) is 0.778. The molecule has 1 aromatic carbocycles. The topological polar surface area (TPSA) is 90.2 Å². The number of rotatable bonds is 6. The first-order valence-electron chi connectivity index (χ1n) is 6.26. The molecule has 1 N–H and O–H groups in total. The van der Waals surface area contributed by atoms with Crippen molar-refractivity contribution in [3.63, 3.8) is 0 Å². The third-order valence-corrected chi connectivity index (χ3v) is 2.83. The molecule has 110 valence electrons. The zero-order chi connectivity index (χ0) is 15.2. The monoisotopic (exact) mass is 308 g/mol. The van der Waals surface area contributed by atoms with Gasteiger partial charge in [-0.2, -0.15) is 0 Å². The third kappa shape index (κ3) is 3.79. The average molecular weight is 309 g/mol. The maximum absolute atomic E-state index is 11.0. The Labute approximate surface area is 126 Å². The summed E-state index contributed by atoms with van der Waals surface area (Å²) < 4.78 is 5.46. The van der Waals surface area contributed by atoms with E-state index in [1.807, 2.05) is 6.92 Å². The second kappa shape index (κ2) is 6.85. The van der Waals surface area contributed by atoms with Gasteiger partial charge in [-0.25, -0.2) is 9.97 Å². The largest absolute Gasteiger partial charge is 0.494 e. The molecule has 0 atom stereocenters. The smallest absolute Gasteiger partial charge is 0.348 e. The Bertz CT molecular complexity index is 634. The third-order valence-electron chi connectivity index (χ3n) is 2.55. The van der Waals surface area contributed by atoms with Crippen molar-refractivity contribution >= 4 is 28.8 Å². The molecule has 0 aliphatic heterocycles. The Morgan fingerprint density at radius 2 is 2.05 bits per heavy atom. The van der Waals surface area contributed by atoms with E-state index in [4.69, 9.17) is 16.3 Å². The SMILES string of the molecule is CCCOc1ccc(Nc2ncnc(Cl)c2[N+](=O)[O-])cc1. The van der Waals surface area contributed by atoms with E-state index in [0.29, 0.717) is 12.3 Å². The fraction of sp³-hybridized carbons (Fsp3) is 0.231. The van der Waals surface area contributed by atoms with Crippen LogP contribution in [0.5, 0.6) is 5.75 Å².